The maximum Gasteiger partial charge on any atom is 0.475 e. The molecule has 3 amide bonds. The summed E-state index contributed by atoms with van der Waals surface area (Å²) < 4.78 is 0. The highest BCUT2D eigenvalue weighted by molar-refractivity contribution is 6.43. The normalized spacial score (nSPS) is 17.4. The number of likely N-dealkylation sites (tertiary alicyclic amines) is 1. The van der Waals surface area contributed by atoms with Gasteiger partial charge in [-0.1, -0.05) is 50.3 Å². The van der Waals surface area contributed by atoms with E-state index in [0.29, 0.717) is 6.54 Å². The van der Waals surface area contributed by atoms with Crippen LogP contribution in [0.5, 0.6) is 0 Å². The third-order valence-electron chi connectivity index (χ3n) is 4.96. The second-order valence-corrected chi connectivity index (χ2v) is 7.79. The number of benzene rings is 1. The Morgan fingerprint density at radius 1 is 1.33 bits per heavy atom. The van der Waals surface area contributed by atoms with Gasteiger partial charge in [0.25, 0.3) is 5.91 Å². The summed E-state index contributed by atoms with van der Waals surface area (Å²) in [6.45, 7) is 4.56. The summed E-state index contributed by atoms with van der Waals surface area (Å²) in [4.78, 5) is 26.6. The number of amides is 3. The summed E-state index contributed by atoms with van der Waals surface area (Å²) in [6, 6.07) is 10.4. The molecule has 1 heterocycles. The standard InChI is InChI=1S/C21H29BN4O4/c1-15(2)11-17(13-23)20(27)26-10-6-9-18(26)14-24-21(28)25-19(22(29)30)12-16-7-4-3-5-8-16/h3-5,7-8,11,15,18-19,29-30H,6,9-10,12,14H2,1-2H3,(H2,24,25,28)/t18-,19?/m1/s1. The fourth-order valence-corrected chi connectivity index (χ4v) is 3.49. The molecule has 1 aliphatic heterocycles. The second-order valence-electron chi connectivity index (χ2n) is 7.79. The number of nitrogens with zero attached hydrogens (tertiary/aromatic N) is 2. The van der Waals surface area contributed by atoms with Gasteiger partial charge in [-0.2, -0.15) is 5.26 Å². The van der Waals surface area contributed by atoms with Crippen LogP contribution in [0.25, 0.3) is 0 Å². The van der Waals surface area contributed by atoms with E-state index in [2.05, 4.69) is 10.6 Å². The molecule has 4 N–H and O–H groups in total. The quantitative estimate of drug-likeness (QED) is 0.288. The number of urea groups is 1. The molecular weight excluding hydrogens is 383 g/mol. The maximum absolute atomic E-state index is 12.7. The number of carbonyl (C=O) groups excluding carboxylic acids is 2. The van der Waals surface area contributed by atoms with Crippen LogP contribution in [0.15, 0.2) is 42.0 Å². The zero-order chi connectivity index (χ0) is 22.1. The van der Waals surface area contributed by atoms with Crippen molar-refractivity contribution in [2.75, 3.05) is 13.1 Å². The van der Waals surface area contributed by atoms with E-state index in [4.69, 9.17) is 0 Å². The lowest BCUT2D eigenvalue weighted by Gasteiger charge is -2.25. The van der Waals surface area contributed by atoms with E-state index in [-0.39, 0.29) is 36.4 Å². The predicted molar refractivity (Wildman–Crippen MR) is 114 cm³/mol. The van der Waals surface area contributed by atoms with Crippen LogP contribution in [0.1, 0.15) is 32.3 Å². The van der Waals surface area contributed by atoms with Gasteiger partial charge in [0.05, 0.1) is 5.94 Å². The highest BCUT2D eigenvalue weighted by atomic mass is 16.4. The first kappa shape index (κ1) is 23.5. The van der Waals surface area contributed by atoms with Crippen LogP contribution in [0.4, 0.5) is 4.79 Å². The highest BCUT2D eigenvalue weighted by Crippen LogP contribution is 2.19. The van der Waals surface area contributed by atoms with Crippen LogP contribution in [-0.2, 0) is 11.2 Å². The lowest BCUT2D eigenvalue weighted by atomic mass is 9.76. The predicted octanol–water partition coefficient (Wildman–Crippen LogP) is 1.01. The molecule has 9 heteroatoms. The molecule has 1 fully saturated rings. The van der Waals surface area contributed by atoms with Gasteiger partial charge in [0.15, 0.2) is 0 Å². The summed E-state index contributed by atoms with van der Waals surface area (Å²) in [5, 5.41) is 33.8. The summed E-state index contributed by atoms with van der Waals surface area (Å²) >= 11 is 0. The number of hydrogen-bond donors (Lipinski definition) is 4. The minimum atomic E-state index is -1.71. The summed E-state index contributed by atoms with van der Waals surface area (Å²) in [7, 11) is -1.71. The molecule has 160 valence electrons. The highest BCUT2D eigenvalue weighted by Gasteiger charge is 2.31. The molecular formula is C21H29BN4O4. The molecule has 30 heavy (non-hydrogen) atoms. The summed E-state index contributed by atoms with van der Waals surface area (Å²) in [6.07, 6.45) is 3.44. The van der Waals surface area contributed by atoms with E-state index >= 15 is 0 Å². The Kier molecular flexibility index (Phi) is 8.90. The van der Waals surface area contributed by atoms with E-state index in [1.807, 2.05) is 50.2 Å². The molecule has 2 atom stereocenters. The molecule has 1 saturated heterocycles. The average Bonchev–Trinajstić information content (AvgIpc) is 3.18. The first-order chi connectivity index (χ1) is 14.3. The molecule has 1 aromatic carbocycles. The Balaban J connectivity index is 1.92. The third-order valence-corrected chi connectivity index (χ3v) is 4.96. The van der Waals surface area contributed by atoms with Gasteiger partial charge in [0.1, 0.15) is 11.6 Å². The molecule has 0 saturated carbocycles. The Morgan fingerprint density at radius 2 is 2.03 bits per heavy atom. The van der Waals surface area contributed by atoms with Crippen LogP contribution in [0, 0.1) is 17.2 Å². The number of nitrogens with one attached hydrogen (secondary N) is 2. The zero-order valence-corrected chi connectivity index (χ0v) is 17.4. The Labute approximate surface area is 177 Å². The van der Waals surface area contributed by atoms with Crippen molar-refractivity contribution in [1.82, 2.24) is 15.5 Å². The number of allylic oxidation sites excluding steroid dienone is 1. The second kappa shape index (κ2) is 11.4. The van der Waals surface area contributed by atoms with Crippen LogP contribution in [0.2, 0.25) is 0 Å². The minimum absolute atomic E-state index is 0.0833. The van der Waals surface area contributed by atoms with E-state index in [1.165, 1.54) is 0 Å². The molecule has 8 nitrogen and oxygen atoms in total. The van der Waals surface area contributed by atoms with Crippen LogP contribution >= 0.6 is 0 Å². The van der Waals surface area contributed by atoms with Crippen molar-refractivity contribution in [3.8, 4) is 6.07 Å². The van der Waals surface area contributed by atoms with Gasteiger partial charge in [0.2, 0.25) is 0 Å². The molecule has 0 aliphatic carbocycles. The topological polar surface area (TPSA) is 126 Å². The lowest BCUT2D eigenvalue weighted by molar-refractivity contribution is -0.127. The zero-order valence-electron chi connectivity index (χ0n) is 17.4. The van der Waals surface area contributed by atoms with Crippen LogP contribution < -0.4 is 10.6 Å². The Hall–Kier alpha value is -2.83. The van der Waals surface area contributed by atoms with Crippen molar-refractivity contribution in [2.24, 2.45) is 5.92 Å². The first-order valence-electron chi connectivity index (χ1n) is 10.2. The van der Waals surface area contributed by atoms with Crippen molar-refractivity contribution in [2.45, 2.75) is 45.1 Å². The third kappa shape index (κ3) is 6.90. The lowest BCUT2D eigenvalue weighted by Crippen LogP contribution is -2.53. The van der Waals surface area contributed by atoms with E-state index in [9.17, 15) is 24.9 Å². The Morgan fingerprint density at radius 3 is 2.63 bits per heavy atom. The minimum Gasteiger partial charge on any atom is -0.426 e. The van der Waals surface area contributed by atoms with Crippen LogP contribution in [-0.4, -0.2) is 59.1 Å². The number of nitriles is 1. The SMILES string of the molecule is CC(C)C=C(C#N)C(=O)N1CCC[C@@H]1CNC(=O)NC(Cc1ccccc1)B(O)O. The van der Waals surface area contributed by atoms with Crippen molar-refractivity contribution in [3.05, 3.63) is 47.5 Å². The Bertz CT molecular complexity index is 792. The largest absolute Gasteiger partial charge is 0.475 e. The van der Waals surface area contributed by atoms with Crippen molar-refractivity contribution in [1.29, 1.82) is 5.26 Å². The van der Waals surface area contributed by atoms with Gasteiger partial charge in [-0.05, 0) is 30.7 Å². The van der Waals surface area contributed by atoms with Gasteiger partial charge in [-0.3, -0.25) is 4.79 Å². The van der Waals surface area contributed by atoms with Gasteiger partial charge in [-0.25, -0.2) is 4.79 Å². The molecule has 0 aromatic heterocycles. The number of carbonyl (C=O) groups is 2. The molecule has 1 aromatic rings. The first-order valence-corrected chi connectivity index (χ1v) is 10.2. The maximum atomic E-state index is 12.7. The monoisotopic (exact) mass is 412 g/mol. The number of hydrogen-bond acceptors (Lipinski definition) is 5. The van der Waals surface area contributed by atoms with Crippen molar-refractivity contribution < 1.29 is 19.6 Å². The fraction of sp³-hybridized carbons (Fsp3) is 0.476. The summed E-state index contributed by atoms with van der Waals surface area (Å²) in [5.74, 6) is -1.10. The van der Waals surface area contributed by atoms with Gasteiger partial charge >= 0.3 is 13.1 Å². The van der Waals surface area contributed by atoms with Gasteiger partial charge in [-0.15, -0.1) is 0 Å². The van der Waals surface area contributed by atoms with E-state index in [1.54, 1.807) is 11.0 Å². The summed E-state index contributed by atoms with van der Waals surface area (Å²) in [5.41, 5.74) is 0.983. The van der Waals surface area contributed by atoms with Crippen LogP contribution in [0.3, 0.4) is 0 Å². The van der Waals surface area contributed by atoms with E-state index < -0.39 is 19.1 Å². The molecule has 0 spiro atoms. The smallest absolute Gasteiger partial charge is 0.426 e. The molecule has 2 rings (SSSR count). The van der Waals surface area contributed by atoms with Crippen molar-refractivity contribution >= 4 is 19.1 Å². The molecule has 1 unspecified atom stereocenters. The van der Waals surface area contributed by atoms with Crippen molar-refractivity contribution in [3.63, 3.8) is 0 Å². The average molecular weight is 412 g/mol. The fourth-order valence-electron chi connectivity index (χ4n) is 3.49. The molecule has 1 aliphatic rings. The number of rotatable bonds is 8. The van der Waals surface area contributed by atoms with Gasteiger partial charge < -0.3 is 25.6 Å². The van der Waals surface area contributed by atoms with E-state index in [0.717, 1.165) is 18.4 Å². The van der Waals surface area contributed by atoms with Gasteiger partial charge in [0, 0.05) is 19.1 Å². The molecule has 0 radical (unpaired) electrons. The molecule has 0 bridgehead atoms.